The van der Waals surface area contributed by atoms with Gasteiger partial charge >= 0.3 is 5.97 Å². The zero-order valence-electron chi connectivity index (χ0n) is 12.6. The van der Waals surface area contributed by atoms with Gasteiger partial charge in [0.25, 0.3) is 0 Å². The molecule has 0 aromatic carbocycles. The van der Waals surface area contributed by atoms with Crippen LogP contribution in [0.5, 0.6) is 0 Å². The van der Waals surface area contributed by atoms with Crippen LogP contribution in [0, 0.1) is 22.7 Å². The number of hydrogen-bond donors (Lipinski definition) is 1. The van der Waals surface area contributed by atoms with Gasteiger partial charge in [0.2, 0.25) is 0 Å². The van der Waals surface area contributed by atoms with Crippen molar-refractivity contribution in [2.24, 2.45) is 22.7 Å². The van der Waals surface area contributed by atoms with Crippen LogP contribution in [0.1, 0.15) is 46.0 Å². The van der Waals surface area contributed by atoms with E-state index < -0.39 is 11.4 Å². The summed E-state index contributed by atoms with van der Waals surface area (Å²) in [4.78, 5) is 23.6. The molecule has 2 heterocycles. The average Bonchev–Trinajstić information content (AvgIpc) is 2.75. The first-order chi connectivity index (χ1) is 9.79. The lowest BCUT2D eigenvalue weighted by Crippen LogP contribution is -2.56. The molecule has 5 aliphatic rings. The second-order valence-corrected chi connectivity index (χ2v) is 8.00. The van der Waals surface area contributed by atoms with Gasteiger partial charge < -0.3 is 9.84 Å². The number of carbonyl (C=O) groups excluding carboxylic acids is 1. The minimum Gasteiger partial charge on any atom is -0.481 e. The van der Waals surface area contributed by atoms with Crippen LogP contribution in [0.4, 0.5) is 0 Å². The Bertz CT molecular complexity index is 567. The molecule has 2 aliphatic heterocycles. The molecule has 114 valence electrons. The Balaban J connectivity index is 1.75. The molecule has 21 heavy (non-hydrogen) atoms. The van der Waals surface area contributed by atoms with Crippen LogP contribution in [-0.4, -0.2) is 28.6 Å². The van der Waals surface area contributed by atoms with Crippen molar-refractivity contribution >= 4 is 11.8 Å². The van der Waals surface area contributed by atoms with Crippen molar-refractivity contribution in [3.05, 3.63) is 12.2 Å². The number of allylic oxidation sites excluding steroid dienone is 2. The SMILES string of the molecule is C[C@]12C[C@@]34C=CC(=O)[C@@](C)(CCC(=O)O)[C@@H]3[C@H](CC1C4)O2. The summed E-state index contributed by atoms with van der Waals surface area (Å²) < 4.78 is 6.32. The van der Waals surface area contributed by atoms with Gasteiger partial charge in [-0.2, -0.15) is 0 Å². The van der Waals surface area contributed by atoms with Gasteiger partial charge in [-0.3, -0.25) is 9.59 Å². The quantitative estimate of drug-likeness (QED) is 0.867. The number of carboxylic acid groups (broad SMARTS) is 1. The van der Waals surface area contributed by atoms with Gasteiger partial charge in [-0.15, -0.1) is 0 Å². The van der Waals surface area contributed by atoms with E-state index in [-0.39, 0.29) is 35.2 Å². The van der Waals surface area contributed by atoms with Crippen molar-refractivity contribution in [1.82, 2.24) is 0 Å². The van der Waals surface area contributed by atoms with Crippen molar-refractivity contribution in [2.45, 2.75) is 57.7 Å². The maximum atomic E-state index is 12.6. The molecule has 0 aromatic heterocycles. The van der Waals surface area contributed by atoms with E-state index in [9.17, 15) is 9.59 Å². The van der Waals surface area contributed by atoms with Gasteiger partial charge in [0.05, 0.1) is 11.7 Å². The predicted octanol–water partition coefficient (Wildman–Crippen LogP) is 2.57. The summed E-state index contributed by atoms with van der Waals surface area (Å²) in [7, 11) is 0. The minimum absolute atomic E-state index is 0.0282. The Kier molecular flexibility index (Phi) is 2.43. The molecule has 4 bridgehead atoms. The van der Waals surface area contributed by atoms with Crippen LogP contribution in [0.3, 0.4) is 0 Å². The molecule has 4 nitrogen and oxygen atoms in total. The number of carbonyl (C=O) groups is 2. The monoisotopic (exact) mass is 290 g/mol. The van der Waals surface area contributed by atoms with Gasteiger partial charge in [-0.25, -0.2) is 0 Å². The van der Waals surface area contributed by atoms with Gasteiger partial charge in [-0.05, 0) is 50.0 Å². The zero-order chi connectivity index (χ0) is 15.0. The number of carboxylic acids is 1. The lowest BCUT2D eigenvalue weighted by molar-refractivity contribution is -0.170. The van der Waals surface area contributed by atoms with Gasteiger partial charge in [0.1, 0.15) is 0 Å². The molecule has 5 rings (SSSR count). The maximum absolute atomic E-state index is 12.6. The first-order valence-electron chi connectivity index (χ1n) is 7.92. The summed E-state index contributed by atoms with van der Waals surface area (Å²) in [6, 6.07) is 0. The summed E-state index contributed by atoms with van der Waals surface area (Å²) in [6.07, 6.45) is 7.57. The van der Waals surface area contributed by atoms with E-state index >= 15 is 0 Å². The predicted molar refractivity (Wildman–Crippen MR) is 75.7 cm³/mol. The number of aliphatic carboxylic acids is 1. The standard InChI is InChI=1S/C17H22O4/c1-15(5-4-13(19)20)12(18)3-6-17-8-10-7-11(14(15)17)21-16(10,2)9-17/h3,6,10-11,14H,4-5,7-9H2,1-2H3,(H,19,20)/t10?,11-,14-,15+,16-,17-/m0/s1. The fourth-order valence-corrected chi connectivity index (χ4v) is 6.01. The summed E-state index contributed by atoms with van der Waals surface area (Å²) >= 11 is 0. The summed E-state index contributed by atoms with van der Waals surface area (Å²) in [5, 5.41) is 9.03. The van der Waals surface area contributed by atoms with Crippen molar-refractivity contribution in [2.75, 3.05) is 0 Å². The molecule has 1 unspecified atom stereocenters. The van der Waals surface area contributed by atoms with Crippen LogP contribution in [0.2, 0.25) is 0 Å². The summed E-state index contributed by atoms with van der Waals surface area (Å²) in [5.41, 5.74) is -0.560. The van der Waals surface area contributed by atoms with Crippen molar-refractivity contribution in [3.8, 4) is 0 Å². The molecule has 0 aromatic rings. The second kappa shape index (κ2) is 3.78. The van der Waals surface area contributed by atoms with E-state index in [0.717, 1.165) is 19.3 Å². The molecule has 0 radical (unpaired) electrons. The molecule has 2 saturated heterocycles. The Morgan fingerprint density at radius 3 is 2.90 bits per heavy atom. The highest BCUT2D eigenvalue weighted by atomic mass is 16.5. The third kappa shape index (κ3) is 1.54. The molecule has 4 fully saturated rings. The Morgan fingerprint density at radius 2 is 2.24 bits per heavy atom. The van der Waals surface area contributed by atoms with E-state index in [2.05, 4.69) is 13.0 Å². The van der Waals surface area contributed by atoms with Gasteiger partial charge in [0.15, 0.2) is 5.78 Å². The highest BCUT2D eigenvalue weighted by Gasteiger charge is 2.71. The van der Waals surface area contributed by atoms with Gasteiger partial charge in [-0.1, -0.05) is 13.0 Å². The van der Waals surface area contributed by atoms with Crippen molar-refractivity contribution in [3.63, 3.8) is 0 Å². The molecule has 0 amide bonds. The van der Waals surface area contributed by atoms with Crippen molar-refractivity contribution in [1.29, 1.82) is 0 Å². The molecular formula is C17H22O4. The largest absolute Gasteiger partial charge is 0.481 e. The van der Waals surface area contributed by atoms with Crippen LogP contribution in [0.15, 0.2) is 12.2 Å². The van der Waals surface area contributed by atoms with E-state index in [0.29, 0.717) is 12.3 Å². The topological polar surface area (TPSA) is 63.6 Å². The molecule has 4 heteroatoms. The van der Waals surface area contributed by atoms with Crippen LogP contribution < -0.4 is 0 Å². The molecular weight excluding hydrogens is 268 g/mol. The van der Waals surface area contributed by atoms with E-state index in [4.69, 9.17) is 9.84 Å². The molecule has 2 saturated carbocycles. The molecule has 3 aliphatic carbocycles. The summed E-state index contributed by atoms with van der Waals surface area (Å²) in [6.45, 7) is 4.17. The van der Waals surface area contributed by atoms with E-state index in [1.54, 1.807) is 6.08 Å². The van der Waals surface area contributed by atoms with Gasteiger partial charge in [0, 0.05) is 17.8 Å². The number of ether oxygens (including phenoxy) is 1. The van der Waals surface area contributed by atoms with E-state index in [1.165, 1.54) is 0 Å². The third-order valence-electron chi connectivity index (χ3n) is 6.77. The minimum atomic E-state index is -0.827. The molecule has 6 atom stereocenters. The van der Waals surface area contributed by atoms with Crippen LogP contribution in [0.25, 0.3) is 0 Å². The maximum Gasteiger partial charge on any atom is 0.303 e. The number of hydrogen-bond acceptors (Lipinski definition) is 3. The van der Waals surface area contributed by atoms with E-state index in [1.807, 2.05) is 6.92 Å². The summed E-state index contributed by atoms with van der Waals surface area (Å²) in [5.74, 6) is 0.00281. The van der Waals surface area contributed by atoms with Crippen LogP contribution >= 0.6 is 0 Å². The highest BCUT2D eigenvalue weighted by Crippen LogP contribution is 2.71. The molecule has 1 spiro atoms. The second-order valence-electron chi connectivity index (χ2n) is 8.00. The third-order valence-corrected chi connectivity index (χ3v) is 6.77. The normalized spacial score (nSPS) is 53.2. The first kappa shape index (κ1) is 13.5. The number of ketones is 1. The van der Waals surface area contributed by atoms with Crippen LogP contribution in [-0.2, 0) is 14.3 Å². The van der Waals surface area contributed by atoms with Crippen molar-refractivity contribution < 1.29 is 19.4 Å². The lowest BCUT2D eigenvalue weighted by atomic mass is 9.51. The fourth-order valence-electron chi connectivity index (χ4n) is 6.01. The highest BCUT2D eigenvalue weighted by molar-refractivity contribution is 5.96. The molecule has 1 N–H and O–H groups in total. The Morgan fingerprint density at radius 1 is 1.48 bits per heavy atom. The zero-order valence-corrected chi connectivity index (χ0v) is 12.6. The smallest absolute Gasteiger partial charge is 0.303 e. The Hall–Kier alpha value is -1.16. The fraction of sp³-hybridized carbons (Fsp3) is 0.765. The lowest BCUT2D eigenvalue weighted by Gasteiger charge is -2.55. The number of rotatable bonds is 3. The first-order valence-corrected chi connectivity index (χ1v) is 7.92. The average molecular weight is 290 g/mol. The Labute approximate surface area is 124 Å².